The number of fused-ring (bicyclic) bond motifs is 1. The highest BCUT2D eigenvalue weighted by Crippen LogP contribution is 2.24. The number of oxazole rings is 1. The predicted octanol–water partition coefficient (Wildman–Crippen LogP) is 3.75. The first-order chi connectivity index (χ1) is 9.88. The summed E-state index contributed by atoms with van der Waals surface area (Å²) in [6.45, 7) is 5.65. The smallest absolute Gasteiger partial charge is 0.388 e. The van der Waals surface area contributed by atoms with Crippen LogP contribution in [0.3, 0.4) is 0 Å². The molecule has 0 amide bonds. The van der Waals surface area contributed by atoms with Crippen LogP contribution in [0.4, 0.5) is 0 Å². The molecular weight excluding hydrogens is 248 g/mol. The number of hydrogen-bond acceptors (Lipinski definition) is 2. The molecule has 0 N–H and O–H groups in total. The van der Waals surface area contributed by atoms with Gasteiger partial charge in [0.2, 0.25) is 11.6 Å². The Labute approximate surface area is 120 Å². The summed E-state index contributed by atoms with van der Waals surface area (Å²) in [6, 6.07) is 12.3. The van der Waals surface area contributed by atoms with Crippen LogP contribution >= 0.6 is 0 Å². The van der Waals surface area contributed by atoms with E-state index in [-0.39, 0.29) is 0 Å². The van der Waals surface area contributed by atoms with Gasteiger partial charge in [-0.15, -0.1) is 0 Å². The molecule has 2 heterocycles. The molecule has 0 radical (unpaired) electrons. The van der Waals surface area contributed by atoms with E-state index >= 15 is 0 Å². The van der Waals surface area contributed by atoms with E-state index in [9.17, 15) is 0 Å². The third-order valence-electron chi connectivity index (χ3n) is 3.55. The third-order valence-corrected chi connectivity index (χ3v) is 3.55. The molecule has 0 fully saturated rings. The molecule has 0 bridgehead atoms. The Morgan fingerprint density at radius 3 is 2.65 bits per heavy atom. The highest BCUT2D eigenvalue weighted by Gasteiger charge is 2.21. The molecule has 3 rings (SSSR count). The zero-order valence-corrected chi connectivity index (χ0v) is 12.3. The lowest BCUT2D eigenvalue weighted by molar-refractivity contribution is -0.640. The van der Waals surface area contributed by atoms with Crippen LogP contribution in [0.25, 0.3) is 22.5 Å². The maximum Gasteiger partial charge on any atom is 0.401 e. The van der Waals surface area contributed by atoms with Crippen LogP contribution in [0.2, 0.25) is 0 Å². The maximum absolute atomic E-state index is 8.06. The molecule has 2 aromatic heterocycles. The van der Waals surface area contributed by atoms with Gasteiger partial charge in [-0.2, -0.15) is 4.57 Å². The molecule has 1 aromatic carbocycles. The van der Waals surface area contributed by atoms with Gasteiger partial charge in [-0.25, -0.2) is 4.98 Å². The van der Waals surface area contributed by atoms with E-state index in [2.05, 4.69) is 24.0 Å². The number of hydrogen-bond donors (Lipinski definition) is 0. The second-order valence-corrected chi connectivity index (χ2v) is 5.30. The molecule has 102 valence electrons. The molecular formula is C17H19N2O+. The van der Waals surface area contributed by atoms with Gasteiger partial charge in [-0.05, 0) is 24.6 Å². The van der Waals surface area contributed by atoms with E-state index in [1.54, 1.807) is 13.8 Å². The molecule has 0 unspecified atom stereocenters. The lowest BCUT2D eigenvalue weighted by Gasteiger charge is -2.03. The van der Waals surface area contributed by atoms with Crippen molar-refractivity contribution in [1.82, 2.24) is 4.98 Å². The fourth-order valence-corrected chi connectivity index (χ4v) is 2.40. The van der Waals surface area contributed by atoms with Crippen molar-refractivity contribution in [3.8, 4) is 11.3 Å². The minimum absolute atomic E-state index is 0.440. The Morgan fingerprint density at radius 2 is 1.95 bits per heavy atom. The first-order valence-corrected chi connectivity index (χ1v) is 6.74. The van der Waals surface area contributed by atoms with E-state index in [4.69, 9.17) is 5.79 Å². The van der Waals surface area contributed by atoms with Crippen LogP contribution in [0.15, 0.2) is 40.8 Å². The zero-order chi connectivity index (χ0) is 15.2. The summed E-state index contributed by atoms with van der Waals surface area (Å²) >= 11 is 0. The van der Waals surface area contributed by atoms with Gasteiger partial charge < -0.3 is 4.42 Å². The molecule has 0 atom stereocenters. The van der Waals surface area contributed by atoms with Crippen molar-refractivity contribution in [2.24, 2.45) is 7.05 Å². The molecule has 0 spiro atoms. The van der Waals surface area contributed by atoms with Crippen molar-refractivity contribution in [2.45, 2.75) is 26.7 Å². The van der Waals surface area contributed by atoms with E-state index in [0.29, 0.717) is 11.6 Å². The minimum atomic E-state index is -0.838. The predicted molar refractivity (Wildman–Crippen MR) is 79.4 cm³/mol. The summed E-state index contributed by atoms with van der Waals surface area (Å²) in [4.78, 5) is 4.43. The SMILES string of the molecule is [2H]C(C)(C)c1nc2ccc(-c3ccccc3C)[n+](C)c2o1. The summed E-state index contributed by atoms with van der Waals surface area (Å²) < 4.78 is 15.9. The van der Waals surface area contributed by atoms with Crippen molar-refractivity contribution < 1.29 is 10.4 Å². The number of nitrogens with zero attached hydrogens (tertiary/aromatic N) is 2. The maximum atomic E-state index is 8.06. The van der Waals surface area contributed by atoms with Crippen molar-refractivity contribution in [1.29, 1.82) is 0 Å². The largest absolute Gasteiger partial charge is 0.401 e. The van der Waals surface area contributed by atoms with Gasteiger partial charge in [0.05, 0.1) is 0 Å². The van der Waals surface area contributed by atoms with Crippen LogP contribution in [0.1, 0.15) is 32.6 Å². The number of benzene rings is 1. The van der Waals surface area contributed by atoms with Crippen molar-refractivity contribution >= 4 is 11.2 Å². The molecule has 0 aliphatic heterocycles. The molecule has 3 aromatic rings. The van der Waals surface area contributed by atoms with E-state index in [1.807, 2.05) is 35.9 Å². The Kier molecular flexibility index (Phi) is 2.76. The molecule has 0 saturated heterocycles. The fourth-order valence-electron chi connectivity index (χ4n) is 2.40. The molecule has 20 heavy (non-hydrogen) atoms. The number of pyridine rings is 1. The Hall–Kier alpha value is -2.16. The van der Waals surface area contributed by atoms with Gasteiger partial charge in [0.25, 0.3) is 0 Å². The highest BCUT2D eigenvalue weighted by molar-refractivity contribution is 5.70. The summed E-state index contributed by atoms with van der Waals surface area (Å²) in [7, 11) is 1.97. The lowest BCUT2D eigenvalue weighted by atomic mass is 10.1. The molecule has 0 aliphatic carbocycles. The van der Waals surface area contributed by atoms with Gasteiger partial charge in [0.15, 0.2) is 5.52 Å². The van der Waals surface area contributed by atoms with Gasteiger partial charge >= 0.3 is 5.71 Å². The molecule has 3 nitrogen and oxygen atoms in total. The molecule has 0 saturated carbocycles. The van der Waals surface area contributed by atoms with Crippen molar-refractivity contribution in [3.05, 3.63) is 47.9 Å². The quantitative estimate of drug-likeness (QED) is 0.662. The fraction of sp³-hybridized carbons (Fsp3) is 0.294. The van der Waals surface area contributed by atoms with Gasteiger partial charge in [-0.1, -0.05) is 32.0 Å². The van der Waals surface area contributed by atoms with Gasteiger partial charge in [-0.3, -0.25) is 0 Å². The zero-order valence-electron chi connectivity index (χ0n) is 13.3. The Balaban J connectivity index is 2.24. The molecule has 0 aliphatic rings. The number of aryl methyl sites for hydroxylation is 2. The van der Waals surface area contributed by atoms with Gasteiger partial charge in [0.1, 0.15) is 7.05 Å². The standard InChI is InChI=1S/C17H19N2O/c1-11(2)16-18-14-9-10-15(19(4)17(14)20-16)13-8-6-5-7-12(13)3/h5-11H,1-4H3/q+1/i11D. The van der Waals surface area contributed by atoms with Gasteiger partial charge in [0, 0.05) is 18.9 Å². The topological polar surface area (TPSA) is 29.9 Å². The lowest BCUT2D eigenvalue weighted by Crippen LogP contribution is -2.31. The summed E-state index contributed by atoms with van der Waals surface area (Å²) in [5.74, 6) is -0.399. The van der Waals surface area contributed by atoms with Crippen LogP contribution in [0.5, 0.6) is 0 Å². The minimum Gasteiger partial charge on any atom is -0.388 e. The summed E-state index contributed by atoms with van der Waals surface area (Å²) in [5.41, 5.74) is 4.94. The Morgan fingerprint density at radius 1 is 1.20 bits per heavy atom. The second kappa shape index (κ2) is 4.75. The van der Waals surface area contributed by atoms with Crippen molar-refractivity contribution in [2.75, 3.05) is 0 Å². The first-order valence-electron chi connectivity index (χ1n) is 7.24. The number of rotatable bonds is 2. The van der Waals surface area contributed by atoms with Crippen LogP contribution in [0, 0.1) is 6.92 Å². The van der Waals surface area contributed by atoms with Crippen LogP contribution < -0.4 is 4.57 Å². The van der Waals surface area contributed by atoms with Crippen LogP contribution in [-0.2, 0) is 7.05 Å². The summed E-state index contributed by atoms with van der Waals surface area (Å²) in [5, 5.41) is 0. The first kappa shape index (κ1) is 11.6. The average molecular weight is 268 g/mol. The van der Waals surface area contributed by atoms with E-state index in [1.165, 1.54) is 11.1 Å². The van der Waals surface area contributed by atoms with Crippen molar-refractivity contribution in [3.63, 3.8) is 0 Å². The normalized spacial score (nSPS) is 12.7. The molecule has 3 heteroatoms. The van der Waals surface area contributed by atoms with Crippen LogP contribution in [-0.4, -0.2) is 4.98 Å². The summed E-state index contributed by atoms with van der Waals surface area (Å²) in [6.07, 6.45) is 0. The number of aromatic nitrogens is 2. The van der Waals surface area contributed by atoms with E-state index in [0.717, 1.165) is 11.2 Å². The van der Waals surface area contributed by atoms with E-state index < -0.39 is 5.89 Å². The second-order valence-electron chi connectivity index (χ2n) is 5.30. The highest BCUT2D eigenvalue weighted by atomic mass is 16.4. The monoisotopic (exact) mass is 268 g/mol. The Bertz CT molecular complexity index is 815. The third kappa shape index (κ3) is 1.99. The average Bonchev–Trinajstić information content (AvgIpc) is 2.85.